The van der Waals surface area contributed by atoms with Gasteiger partial charge in [0.2, 0.25) is 11.0 Å². The highest BCUT2D eigenvalue weighted by Crippen LogP contribution is 2.39. The molecule has 152 valence electrons. The van der Waals surface area contributed by atoms with Crippen LogP contribution in [0.5, 0.6) is 0 Å². The fraction of sp³-hybridized carbons (Fsp3) is 0.333. The second-order valence-corrected chi connectivity index (χ2v) is 10.2. The molecular formula is C18H19N5O3S3. The van der Waals surface area contributed by atoms with Gasteiger partial charge in [-0.15, -0.1) is 21.5 Å². The van der Waals surface area contributed by atoms with Crippen LogP contribution < -0.4 is 16.4 Å². The Bertz CT molecular complexity index is 1030. The van der Waals surface area contributed by atoms with Crippen molar-refractivity contribution >= 4 is 56.4 Å². The maximum Gasteiger partial charge on any atom is 0.251 e. The SMILES string of the molecule is C[C@@H](Sc1nnc(NCc2ccco2)s1)C(=O)Nc1sc2c(c1C(N)=O)CCC2. The number of anilines is 2. The van der Waals surface area contributed by atoms with E-state index in [4.69, 9.17) is 10.2 Å². The molecule has 0 radical (unpaired) electrons. The summed E-state index contributed by atoms with van der Waals surface area (Å²) < 4.78 is 5.95. The minimum Gasteiger partial charge on any atom is -0.467 e. The van der Waals surface area contributed by atoms with Crippen LogP contribution in [-0.4, -0.2) is 27.3 Å². The van der Waals surface area contributed by atoms with Crippen LogP contribution >= 0.6 is 34.4 Å². The first-order valence-electron chi connectivity index (χ1n) is 9.03. The Morgan fingerprint density at radius 3 is 2.97 bits per heavy atom. The number of fused-ring (bicyclic) bond motifs is 1. The molecule has 0 unspecified atom stereocenters. The van der Waals surface area contributed by atoms with Crippen LogP contribution in [-0.2, 0) is 24.2 Å². The van der Waals surface area contributed by atoms with E-state index in [1.165, 1.54) is 34.4 Å². The smallest absolute Gasteiger partial charge is 0.251 e. The van der Waals surface area contributed by atoms with Crippen molar-refractivity contribution in [3.8, 4) is 0 Å². The van der Waals surface area contributed by atoms with E-state index in [1.807, 2.05) is 12.1 Å². The molecule has 3 aromatic heterocycles. The third-order valence-corrected chi connectivity index (χ3v) is 7.72. The summed E-state index contributed by atoms with van der Waals surface area (Å²) in [5.41, 5.74) is 7.02. The molecule has 0 aromatic carbocycles. The molecular weight excluding hydrogens is 430 g/mol. The number of hydrogen-bond donors (Lipinski definition) is 3. The number of aromatic nitrogens is 2. The highest BCUT2D eigenvalue weighted by Gasteiger charge is 2.27. The molecule has 3 heterocycles. The van der Waals surface area contributed by atoms with Crippen molar-refractivity contribution in [3.63, 3.8) is 0 Å². The monoisotopic (exact) mass is 449 g/mol. The van der Waals surface area contributed by atoms with Gasteiger partial charge in [0.1, 0.15) is 10.8 Å². The fourth-order valence-corrected chi connectivity index (χ4v) is 6.27. The molecule has 3 aromatic rings. The summed E-state index contributed by atoms with van der Waals surface area (Å²) in [7, 11) is 0. The lowest BCUT2D eigenvalue weighted by molar-refractivity contribution is -0.115. The molecule has 1 atom stereocenters. The lowest BCUT2D eigenvalue weighted by Crippen LogP contribution is -2.24. The van der Waals surface area contributed by atoms with Gasteiger partial charge in [0, 0.05) is 4.88 Å². The zero-order valence-electron chi connectivity index (χ0n) is 15.6. The second kappa shape index (κ2) is 8.56. The van der Waals surface area contributed by atoms with E-state index < -0.39 is 11.2 Å². The molecule has 1 aliphatic carbocycles. The van der Waals surface area contributed by atoms with Gasteiger partial charge in [-0.25, -0.2) is 0 Å². The molecule has 0 spiro atoms. The minimum absolute atomic E-state index is 0.197. The first-order chi connectivity index (χ1) is 14.0. The predicted molar refractivity (Wildman–Crippen MR) is 115 cm³/mol. The number of nitrogens with two attached hydrogens (primary N) is 1. The van der Waals surface area contributed by atoms with E-state index in [-0.39, 0.29) is 5.91 Å². The fourth-order valence-electron chi connectivity index (χ4n) is 3.08. The average molecular weight is 450 g/mol. The van der Waals surface area contributed by atoms with Crippen molar-refractivity contribution in [3.05, 3.63) is 40.2 Å². The van der Waals surface area contributed by atoms with Gasteiger partial charge in [0.15, 0.2) is 4.34 Å². The molecule has 0 bridgehead atoms. The standard InChI is InChI=1S/C18H19N5O3S3/c1-9(27-18-23-22-17(29-18)20-8-10-4-3-7-26-10)15(25)21-16-13(14(19)24)11-5-2-6-12(11)28-16/h3-4,7,9H,2,5-6,8H2,1H3,(H2,19,24)(H,20,22)(H,21,25)/t9-/m1/s1. The van der Waals surface area contributed by atoms with E-state index in [0.717, 1.165) is 35.5 Å². The maximum absolute atomic E-state index is 12.7. The van der Waals surface area contributed by atoms with Crippen molar-refractivity contribution in [2.45, 2.75) is 42.3 Å². The van der Waals surface area contributed by atoms with Gasteiger partial charge in [-0.05, 0) is 43.9 Å². The van der Waals surface area contributed by atoms with Gasteiger partial charge >= 0.3 is 0 Å². The molecule has 8 nitrogen and oxygen atoms in total. The Hall–Kier alpha value is -2.37. The van der Waals surface area contributed by atoms with Crippen LogP contribution in [0.15, 0.2) is 27.2 Å². The van der Waals surface area contributed by atoms with Gasteiger partial charge < -0.3 is 20.8 Å². The van der Waals surface area contributed by atoms with Crippen LogP contribution in [0, 0.1) is 0 Å². The average Bonchev–Trinajstić information content (AvgIpc) is 3.44. The molecule has 2 amide bonds. The number of nitrogens with zero attached hydrogens (tertiary/aromatic N) is 2. The molecule has 0 fully saturated rings. The van der Waals surface area contributed by atoms with E-state index in [1.54, 1.807) is 13.2 Å². The van der Waals surface area contributed by atoms with Crippen molar-refractivity contribution in [1.82, 2.24) is 10.2 Å². The summed E-state index contributed by atoms with van der Waals surface area (Å²) in [4.78, 5) is 25.7. The summed E-state index contributed by atoms with van der Waals surface area (Å²) in [6.45, 7) is 2.31. The second-order valence-electron chi connectivity index (χ2n) is 6.48. The normalized spacial score (nSPS) is 13.8. The summed E-state index contributed by atoms with van der Waals surface area (Å²) in [5, 5.41) is 15.0. The molecule has 1 aliphatic rings. The highest BCUT2D eigenvalue weighted by molar-refractivity contribution is 8.02. The summed E-state index contributed by atoms with van der Waals surface area (Å²) in [5.74, 6) is 0.115. The van der Waals surface area contributed by atoms with Crippen molar-refractivity contribution in [1.29, 1.82) is 0 Å². The largest absolute Gasteiger partial charge is 0.467 e. The number of primary amides is 1. The topological polar surface area (TPSA) is 123 Å². The van der Waals surface area contributed by atoms with Gasteiger partial charge in [0.25, 0.3) is 5.91 Å². The lowest BCUT2D eigenvalue weighted by Gasteiger charge is -2.10. The molecule has 0 saturated heterocycles. The summed E-state index contributed by atoms with van der Waals surface area (Å²) in [6, 6.07) is 3.70. The summed E-state index contributed by atoms with van der Waals surface area (Å²) >= 11 is 4.14. The number of furan rings is 1. The van der Waals surface area contributed by atoms with Crippen LogP contribution in [0.4, 0.5) is 10.1 Å². The van der Waals surface area contributed by atoms with Crippen LogP contribution in [0.25, 0.3) is 0 Å². The van der Waals surface area contributed by atoms with Crippen LogP contribution in [0.1, 0.15) is 39.9 Å². The third-order valence-electron chi connectivity index (χ3n) is 4.45. The number of rotatable bonds is 8. The van der Waals surface area contributed by atoms with Gasteiger partial charge in [-0.3, -0.25) is 9.59 Å². The highest BCUT2D eigenvalue weighted by atomic mass is 32.2. The molecule has 4 N–H and O–H groups in total. The third kappa shape index (κ3) is 4.46. The van der Waals surface area contributed by atoms with Crippen LogP contribution in [0.2, 0.25) is 0 Å². The number of nitrogens with one attached hydrogen (secondary N) is 2. The first-order valence-corrected chi connectivity index (χ1v) is 11.5. The number of carbonyl (C=O) groups is 2. The van der Waals surface area contributed by atoms with Gasteiger partial charge in [0.05, 0.1) is 23.6 Å². The number of hydrogen-bond acceptors (Lipinski definition) is 9. The number of amides is 2. The Labute approximate surface area is 179 Å². The number of aryl methyl sites for hydroxylation is 1. The van der Waals surface area contributed by atoms with Gasteiger partial charge in [-0.1, -0.05) is 23.1 Å². The van der Waals surface area contributed by atoms with E-state index in [0.29, 0.717) is 26.6 Å². The minimum atomic E-state index is -0.489. The molecule has 0 saturated carbocycles. The maximum atomic E-state index is 12.7. The van der Waals surface area contributed by atoms with Crippen LogP contribution in [0.3, 0.4) is 0 Å². The van der Waals surface area contributed by atoms with Crippen molar-refractivity contribution in [2.24, 2.45) is 5.73 Å². The van der Waals surface area contributed by atoms with Crippen molar-refractivity contribution in [2.75, 3.05) is 10.6 Å². The molecule has 29 heavy (non-hydrogen) atoms. The Balaban J connectivity index is 1.36. The Morgan fingerprint density at radius 1 is 1.34 bits per heavy atom. The number of thiophene rings is 1. The Kier molecular flexibility index (Phi) is 5.88. The zero-order chi connectivity index (χ0) is 20.4. The van der Waals surface area contributed by atoms with Gasteiger partial charge in [-0.2, -0.15) is 0 Å². The van der Waals surface area contributed by atoms with E-state index in [9.17, 15) is 9.59 Å². The molecule has 4 rings (SSSR count). The zero-order valence-corrected chi connectivity index (χ0v) is 18.0. The van der Waals surface area contributed by atoms with E-state index in [2.05, 4.69) is 20.8 Å². The lowest BCUT2D eigenvalue weighted by atomic mass is 10.1. The van der Waals surface area contributed by atoms with E-state index >= 15 is 0 Å². The summed E-state index contributed by atoms with van der Waals surface area (Å²) in [6.07, 6.45) is 4.40. The number of carbonyl (C=O) groups excluding carboxylic acids is 2. The predicted octanol–water partition coefficient (Wildman–Crippen LogP) is 3.51. The molecule has 0 aliphatic heterocycles. The quantitative estimate of drug-likeness (QED) is 0.450. The van der Waals surface area contributed by atoms with Crippen molar-refractivity contribution < 1.29 is 14.0 Å². The first kappa shape index (κ1) is 19.9. The Morgan fingerprint density at radius 2 is 2.21 bits per heavy atom. The number of thioether (sulfide) groups is 1. The molecule has 11 heteroatoms.